The van der Waals surface area contributed by atoms with E-state index in [1.807, 2.05) is 12.1 Å². The lowest BCUT2D eigenvalue weighted by Gasteiger charge is -2.32. The number of carbonyl (C=O) groups excluding carboxylic acids is 2. The van der Waals surface area contributed by atoms with E-state index in [-0.39, 0.29) is 24.0 Å². The molecular formula is C28H28N2O3. The standard InChI is InChI=1S/C28H28N2O3/c1-33-28(32)20-12-10-19(11-13-20)18-29-17-16-21-14-15-26(31)30(21)27-24-8-4-2-6-22(24)23-7-3-5-9-25(23)27/h2-13,21,27,29H,14-18H2,1H3. The van der Waals surface area contributed by atoms with Gasteiger partial charge in [-0.2, -0.15) is 0 Å². The molecule has 0 bridgehead atoms. The monoisotopic (exact) mass is 440 g/mol. The molecule has 5 rings (SSSR count). The zero-order valence-electron chi connectivity index (χ0n) is 18.8. The Hall–Kier alpha value is -3.44. The molecule has 168 valence electrons. The summed E-state index contributed by atoms with van der Waals surface area (Å²) in [6, 6.07) is 24.6. The van der Waals surface area contributed by atoms with Crippen LogP contribution >= 0.6 is 0 Å². The third-order valence-electron chi connectivity index (χ3n) is 6.81. The van der Waals surface area contributed by atoms with Crippen molar-refractivity contribution in [1.82, 2.24) is 10.2 Å². The van der Waals surface area contributed by atoms with Crippen LogP contribution in [0.1, 0.15) is 52.4 Å². The maximum Gasteiger partial charge on any atom is 0.337 e. The van der Waals surface area contributed by atoms with Crippen LogP contribution in [0.3, 0.4) is 0 Å². The van der Waals surface area contributed by atoms with Crippen LogP contribution in [0, 0.1) is 0 Å². The maximum absolute atomic E-state index is 13.0. The Morgan fingerprint density at radius 1 is 0.970 bits per heavy atom. The summed E-state index contributed by atoms with van der Waals surface area (Å²) < 4.78 is 4.75. The van der Waals surface area contributed by atoms with E-state index in [9.17, 15) is 9.59 Å². The van der Waals surface area contributed by atoms with Gasteiger partial charge in [0.1, 0.15) is 0 Å². The second-order valence-electron chi connectivity index (χ2n) is 8.72. The van der Waals surface area contributed by atoms with E-state index >= 15 is 0 Å². The summed E-state index contributed by atoms with van der Waals surface area (Å²) in [5.74, 6) is -0.0783. The number of nitrogens with zero attached hydrogens (tertiary/aromatic N) is 1. The Balaban J connectivity index is 1.26. The van der Waals surface area contributed by atoms with Crippen molar-refractivity contribution in [2.45, 2.75) is 37.9 Å². The lowest BCUT2D eigenvalue weighted by Crippen LogP contribution is -2.38. The number of hydrogen-bond acceptors (Lipinski definition) is 4. The van der Waals surface area contributed by atoms with Gasteiger partial charge in [0, 0.05) is 19.0 Å². The van der Waals surface area contributed by atoms with Crippen LogP contribution in [0.4, 0.5) is 0 Å². The Morgan fingerprint density at radius 3 is 2.24 bits per heavy atom. The van der Waals surface area contributed by atoms with Crippen molar-refractivity contribution >= 4 is 11.9 Å². The Kier molecular flexibility index (Phi) is 5.97. The van der Waals surface area contributed by atoms with Crippen molar-refractivity contribution in [2.24, 2.45) is 0 Å². The topological polar surface area (TPSA) is 58.6 Å². The number of amides is 1. The molecule has 33 heavy (non-hydrogen) atoms. The number of methoxy groups -OCH3 is 1. The first kappa shape index (κ1) is 21.4. The number of likely N-dealkylation sites (tertiary alicyclic amines) is 1. The molecule has 3 aromatic carbocycles. The van der Waals surface area contributed by atoms with Crippen LogP contribution in [0.5, 0.6) is 0 Å². The first-order chi connectivity index (χ1) is 16.2. The second-order valence-corrected chi connectivity index (χ2v) is 8.72. The first-order valence-electron chi connectivity index (χ1n) is 11.5. The molecule has 0 saturated carbocycles. The summed E-state index contributed by atoms with van der Waals surface area (Å²) in [6.45, 7) is 1.54. The molecule has 1 amide bonds. The number of ether oxygens (including phenoxy) is 1. The summed E-state index contributed by atoms with van der Waals surface area (Å²) in [7, 11) is 1.39. The second kappa shape index (κ2) is 9.20. The third-order valence-corrected chi connectivity index (χ3v) is 6.81. The van der Waals surface area contributed by atoms with Crippen LogP contribution in [0.25, 0.3) is 11.1 Å². The fourth-order valence-electron chi connectivity index (χ4n) is 5.21. The molecule has 0 radical (unpaired) electrons. The quantitative estimate of drug-likeness (QED) is 0.427. The van der Waals surface area contributed by atoms with Crippen molar-refractivity contribution in [3.8, 4) is 11.1 Å². The molecule has 5 nitrogen and oxygen atoms in total. The van der Waals surface area contributed by atoms with Gasteiger partial charge in [-0.25, -0.2) is 4.79 Å². The van der Waals surface area contributed by atoms with Gasteiger partial charge < -0.3 is 15.0 Å². The van der Waals surface area contributed by atoms with Gasteiger partial charge in [-0.15, -0.1) is 0 Å². The van der Waals surface area contributed by atoms with Crippen LogP contribution in [0.15, 0.2) is 72.8 Å². The fraction of sp³-hybridized carbons (Fsp3) is 0.286. The molecule has 1 atom stereocenters. The Labute approximate surface area is 194 Å². The van der Waals surface area contributed by atoms with Gasteiger partial charge in [0.25, 0.3) is 0 Å². The van der Waals surface area contributed by atoms with Crippen LogP contribution < -0.4 is 5.32 Å². The first-order valence-corrected chi connectivity index (χ1v) is 11.5. The summed E-state index contributed by atoms with van der Waals surface area (Å²) in [6.07, 6.45) is 2.42. The van der Waals surface area contributed by atoms with E-state index < -0.39 is 0 Å². The Bertz CT molecular complexity index is 1130. The summed E-state index contributed by atoms with van der Waals surface area (Å²) in [4.78, 5) is 26.7. The van der Waals surface area contributed by atoms with Crippen molar-refractivity contribution < 1.29 is 14.3 Å². The number of rotatable bonds is 7. The van der Waals surface area contributed by atoms with E-state index in [4.69, 9.17) is 4.74 Å². The number of fused-ring (bicyclic) bond motifs is 3. The highest BCUT2D eigenvalue weighted by atomic mass is 16.5. The normalized spacial score (nSPS) is 17.2. The predicted octanol–water partition coefficient (Wildman–Crippen LogP) is 4.71. The van der Waals surface area contributed by atoms with Gasteiger partial charge in [-0.1, -0.05) is 60.7 Å². The minimum Gasteiger partial charge on any atom is -0.465 e. The lowest BCUT2D eigenvalue weighted by atomic mass is 10.0. The van der Waals surface area contributed by atoms with Gasteiger partial charge in [-0.05, 0) is 59.3 Å². The molecule has 3 aromatic rings. The van der Waals surface area contributed by atoms with Crippen molar-refractivity contribution in [3.63, 3.8) is 0 Å². The SMILES string of the molecule is COC(=O)c1ccc(CNCCC2CCC(=O)N2C2c3ccccc3-c3ccccc32)cc1. The molecular weight excluding hydrogens is 412 g/mol. The third kappa shape index (κ3) is 4.05. The van der Waals surface area contributed by atoms with Crippen molar-refractivity contribution in [3.05, 3.63) is 95.1 Å². The summed E-state index contributed by atoms with van der Waals surface area (Å²) in [5, 5.41) is 3.50. The molecule has 0 aromatic heterocycles. The van der Waals surface area contributed by atoms with Crippen LogP contribution in [-0.4, -0.2) is 36.5 Å². The van der Waals surface area contributed by atoms with E-state index in [0.717, 1.165) is 31.5 Å². The number of hydrogen-bond donors (Lipinski definition) is 1. The van der Waals surface area contributed by atoms with Gasteiger partial charge >= 0.3 is 5.97 Å². The lowest BCUT2D eigenvalue weighted by molar-refractivity contribution is -0.130. The molecule has 2 aliphatic rings. The molecule has 1 fully saturated rings. The molecule has 1 N–H and O–H groups in total. The van der Waals surface area contributed by atoms with Gasteiger partial charge in [-0.3, -0.25) is 4.79 Å². The zero-order valence-corrected chi connectivity index (χ0v) is 18.8. The molecule has 0 spiro atoms. The maximum atomic E-state index is 13.0. The number of carbonyl (C=O) groups is 2. The van der Waals surface area contributed by atoms with Crippen LogP contribution in [-0.2, 0) is 16.1 Å². The van der Waals surface area contributed by atoms with E-state index in [1.165, 1.54) is 29.4 Å². The van der Waals surface area contributed by atoms with E-state index in [0.29, 0.717) is 12.0 Å². The largest absolute Gasteiger partial charge is 0.465 e. The molecule has 1 saturated heterocycles. The van der Waals surface area contributed by atoms with E-state index in [1.54, 1.807) is 12.1 Å². The number of nitrogens with one attached hydrogen (secondary N) is 1. The molecule has 1 heterocycles. The molecule has 1 unspecified atom stereocenters. The van der Waals surface area contributed by atoms with Crippen LogP contribution in [0.2, 0.25) is 0 Å². The number of benzene rings is 3. The average Bonchev–Trinajstić information content (AvgIpc) is 3.38. The predicted molar refractivity (Wildman–Crippen MR) is 128 cm³/mol. The molecule has 1 aliphatic heterocycles. The summed E-state index contributed by atoms with van der Waals surface area (Å²) in [5.41, 5.74) is 6.62. The van der Waals surface area contributed by atoms with Crippen molar-refractivity contribution in [1.29, 1.82) is 0 Å². The molecule has 1 aliphatic carbocycles. The highest BCUT2D eigenvalue weighted by molar-refractivity contribution is 5.89. The zero-order chi connectivity index (χ0) is 22.8. The van der Waals surface area contributed by atoms with E-state index in [2.05, 4.69) is 58.7 Å². The highest BCUT2D eigenvalue weighted by Crippen LogP contribution is 2.48. The van der Waals surface area contributed by atoms with Gasteiger partial charge in [0.2, 0.25) is 5.91 Å². The van der Waals surface area contributed by atoms with Gasteiger partial charge in [0.05, 0.1) is 18.7 Å². The molecule has 5 heteroatoms. The smallest absolute Gasteiger partial charge is 0.337 e. The minimum absolute atomic E-state index is 0.00302. The Morgan fingerprint density at radius 2 is 1.61 bits per heavy atom. The average molecular weight is 441 g/mol. The highest BCUT2D eigenvalue weighted by Gasteiger charge is 2.41. The fourth-order valence-corrected chi connectivity index (χ4v) is 5.21. The summed E-state index contributed by atoms with van der Waals surface area (Å²) >= 11 is 0. The van der Waals surface area contributed by atoms with Gasteiger partial charge in [0.15, 0.2) is 0 Å². The minimum atomic E-state index is -0.324. The van der Waals surface area contributed by atoms with Crippen molar-refractivity contribution in [2.75, 3.05) is 13.7 Å². The number of esters is 1.